The Hall–Kier alpha value is -0.850. The maximum Gasteiger partial charge on any atom is 0.169 e. The number of rotatable bonds is 25. The monoisotopic (exact) mass is 458 g/mol. The molecular formula is C32H60N+. The predicted octanol–water partition coefficient (Wildman–Crippen LogP) is 10.5. The van der Waals surface area contributed by atoms with Gasteiger partial charge in [0.25, 0.3) is 0 Å². The molecule has 0 amide bonds. The van der Waals surface area contributed by atoms with Gasteiger partial charge in [-0.15, -0.1) is 0 Å². The number of unbranched alkanes of at least 4 members (excludes halogenated alkanes) is 21. The largest absolute Gasteiger partial charge is 0.205 e. The molecule has 0 radical (unpaired) electrons. The van der Waals surface area contributed by atoms with Crippen molar-refractivity contribution in [3.63, 3.8) is 0 Å². The fraction of sp³-hybridized carbons (Fsp3) is 0.844. The van der Waals surface area contributed by atoms with Crippen molar-refractivity contribution in [2.75, 3.05) is 0 Å². The molecule has 1 aromatic rings. The standard InChI is InChI=1S/C32H60N/c1-3-5-7-9-11-12-13-14-15-16-17-18-19-20-22-24-26-32-27-30-33(31-28-32)29-25-23-21-10-8-6-4-2/h27-28,30-31H,3-26,29H2,1-2H3/q+1. The van der Waals surface area contributed by atoms with Gasteiger partial charge in [0.15, 0.2) is 12.4 Å². The summed E-state index contributed by atoms with van der Waals surface area (Å²) in [6.45, 7) is 5.78. The van der Waals surface area contributed by atoms with Crippen LogP contribution in [-0.4, -0.2) is 0 Å². The fourth-order valence-electron chi connectivity index (χ4n) is 4.93. The van der Waals surface area contributed by atoms with Gasteiger partial charge in [-0.3, -0.25) is 0 Å². The molecule has 192 valence electrons. The number of hydrogen-bond donors (Lipinski definition) is 0. The SMILES string of the molecule is CCCCCCCCCCCCCCCCCCc1cc[n+](CCCCCCCCC)cc1. The van der Waals surface area contributed by atoms with Crippen molar-refractivity contribution in [1.82, 2.24) is 0 Å². The van der Waals surface area contributed by atoms with E-state index in [0.29, 0.717) is 0 Å². The molecule has 0 fully saturated rings. The minimum atomic E-state index is 1.19. The average Bonchev–Trinajstić information content (AvgIpc) is 2.84. The molecule has 1 heterocycles. The van der Waals surface area contributed by atoms with E-state index in [1.807, 2.05) is 0 Å². The van der Waals surface area contributed by atoms with E-state index in [9.17, 15) is 0 Å². The molecule has 0 N–H and O–H groups in total. The van der Waals surface area contributed by atoms with Gasteiger partial charge in [-0.05, 0) is 24.8 Å². The molecule has 0 saturated heterocycles. The molecule has 0 unspecified atom stereocenters. The van der Waals surface area contributed by atoms with Crippen molar-refractivity contribution in [2.24, 2.45) is 0 Å². The van der Waals surface area contributed by atoms with Crippen LogP contribution in [0.15, 0.2) is 24.5 Å². The van der Waals surface area contributed by atoms with E-state index >= 15 is 0 Å². The molecule has 0 aliphatic rings. The molecule has 33 heavy (non-hydrogen) atoms. The maximum atomic E-state index is 2.38. The summed E-state index contributed by atoms with van der Waals surface area (Å²) in [6.07, 6.45) is 38.8. The lowest BCUT2D eigenvalue weighted by atomic mass is 10.0. The summed E-state index contributed by atoms with van der Waals surface area (Å²) >= 11 is 0. The van der Waals surface area contributed by atoms with Crippen molar-refractivity contribution >= 4 is 0 Å². The zero-order chi connectivity index (χ0) is 23.7. The molecule has 0 aliphatic heterocycles. The van der Waals surface area contributed by atoms with Crippen molar-refractivity contribution in [1.29, 1.82) is 0 Å². The molecule has 0 aliphatic carbocycles. The van der Waals surface area contributed by atoms with Crippen LogP contribution < -0.4 is 4.57 Å². The third-order valence-corrected chi connectivity index (χ3v) is 7.30. The molecule has 1 rings (SSSR count). The normalized spacial score (nSPS) is 11.3. The van der Waals surface area contributed by atoms with Crippen molar-refractivity contribution < 1.29 is 4.57 Å². The Balaban J connectivity index is 1.84. The van der Waals surface area contributed by atoms with E-state index in [-0.39, 0.29) is 0 Å². The van der Waals surface area contributed by atoms with Crippen LogP contribution >= 0.6 is 0 Å². The number of aromatic nitrogens is 1. The molecule has 1 heteroatoms. The summed E-state index contributed by atoms with van der Waals surface area (Å²) < 4.78 is 2.38. The van der Waals surface area contributed by atoms with Gasteiger partial charge in [0.2, 0.25) is 0 Å². The first-order valence-corrected chi connectivity index (χ1v) is 15.3. The van der Waals surface area contributed by atoms with Gasteiger partial charge >= 0.3 is 0 Å². The Bertz CT molecular complexity index is 492. The fourth-order valence-corrected chi connectivity index (χ4v) is 4.93. The van der Waals surface area contributed by atoms with E-state index < -0.39 is 0 Å². The van der Waals surface area contributed by atoms with E-state index in [0.717, 1.165) is 0 Å². The number of pyridine rings is 1. The zero-order valence-electron chi connectivity index (χ0n) is 22.9. The van der Waals surface area contributed by atoms with E-state index in [4.69, 9.17) is 0 Å². The Morgan fingerprint density at radius 3 is 1.15 bits per heavy atom. The van der Waals surface area contributed by atoms with Gasteiger partial charge in [-0.2, -0.15) is 0 Å². The van der Waals surface area contributed by atoms with Gasteiger partial charge in [0.1, 0.15) is 6.54 Å². The van der Waals surface area contributed by atoms with Gasteiger partial charge in [0.05, 0.1) is 0 Å². The molecular weight excluding hydrogens is 398 g/mol. The maximum absolute atomic E-state index is 2.38. The van der Waals surface area contributed by atoms with E-state index in [1.54, 1.807) is 0 Å². The Labute approximate surface area is 209 Å². The Kier molecular flexibility index (Phi) is 22.2. The van der Waals surface area contributed by atoms with Gasteiger partial charge in [-0.25, -0.2) is 4.57 Å². The highest BCUT2D eigenvalue weighted by Gasteiger charge is 2.02. The highest BCUT2D eigenvalue weighted by atomic mass is 14.9. The van der Waals surface area contributed by atoms with Crippen molar-refractivity contribution in [3.8, 4) is 0 Å². The molecule has 1 aromatic heterocycles. The number of aryl methyl sites for hydroxylation is 2. The second-order valence-electron chi connectivity index (χ2n) is 10.6. The number of hydrogen-bond acceptors (Lipinski definition) is 0. The van der Waals surface area contributed by atoms with Crippen LogP contribution in [0.5, 0.6) is 0 Å². The van der Waals surface area contributed by atoms with Gasteiger partial charge in [-0.1, -0.05) is 142 Å². The van der Waals surface area contributed by atoms with Crippen LogP contribution in [0.2, 0.25) is 0 Å². The molecule has 1 nitrogen and oxygen atoms in total. The lowest BCUT2D eigenvalue weighted by Crippen LogP contribution is -2.32. The molecule has 0 atom stereocenters. The first-order valence-electron chi connectivity index (χ1n) is 15.3. The summed E-state index contributed by atoms with van der Waals surface area (Å²) in [7, 11) is 0. The molecule has 0 saturated carbocycles. The second kappa shape index (κ2) is 24.3. The van der Waals surface area contributed by atoms with Crippen LogP contribution in [0.1, 0.15) is 167 Å². The third-order valence-electron chi connectivity index (χ3n) is 7.30. The highest BCUT2D eigenvalue weighted by Crippen LogP contribution is 2.14. The van der Waals surface area contributed by atoms with Crippen LogP contribution in [0, 0.1) is 0 Å². The number of nitrogens with zero attached hydrogens (tertiary/aromatic N) is 1. The van der Waals surface area contributed by atoms with Crippen LogP contribution in [0.4, 0.5) is 0 Å². The van der Waals surface area contributed by atoms with Crippen molar-refractivity contribution in [2.45, 2.75) is 174 Å². The summed E-state index contributed by atoms with van der Waals surface area (Å²) in [5.74, 6) is 0. The third kappa shape index (κ3) is 20.3. The topological polar surface area (TPSA) is 3.88 Å². The van der Waals surface area contributed by atoms with Gasteiger partial charge < -0.3 is 0 Å². The minimum Gasteiger partial charge on any atom is -0.205 e. The summed E-state index contributed by atoms with van der Waals surface area (Å²) in [6, 6.07) is 4.71. The quantitative estimate of drug-likeness (QED) is 0.101. The summed E-state index contributed by atoms with van der Waals surface area (Å²) in [5.41, 5.74) is 1.52. The van der Waals surface area contributed by atoms with Crippen LogP contribution in [0.25, 0.3) is 0 Å². The Morgan fingerprint density at radius 1 is 0.424 bits per heavy atom. The molecule has 0 spiro atoms. The smallest absolute Gasteiger partial charge is 0.169 e. The Morgan fingerprint density at radius 2 is 0.758 bits per heavy atom. The van der Waals surface area contributed by atoms with Crippen LogP contribution in [0.3, 0.4) is 0 Å². The lowest BCUT2D eigenvalue weighted by Gasteiger charge is -2.04. The second-order valence-corrected chi connectivity index (χ2v) is 10.6. The van der Waals surface area contributed by atoms with Crippen LogP contribution in [-0.2, 0) is 13.0 Å². The summed E-state index contributed by atoms with van der Waals surface area (Å²) in [4.78, 5) is 0. The van der Waals surface area contributed by atoms with Crippen molar-refractivity contribution in [3.05, 3.63) is 30.1 Å². The average molecular weight is 459 g/mol. The van der Waals surface area contributed by atoms with Gasteiger partial charge in [0, 0.05) is 18.6 Å². The lowest BCUT2D eigenvalue weighted by molar-refractivity contribution is -0.697. The minimum absolute atomic E-state index is 1.19. The predicted molar refractivity (Wildman–Crippen MR) is 148 cm³/mol. The molecule has 0 aromatic carbocycles. The zero-order valence-corrected chi connectivity index (χ0v) is 22.9. The first-order chi connectivity index (χ1) is 16.4. The van der Waals surface area contributed by atoms with E-state index in [1.165, 1.54) is 166 Å². The first kappa shape index (κ1) is 30.2. The molecule has 0 bridgehead atoms. The summed E-state index contributed by atoms with van der Waals surface area (Å²) in [5, 5.41) is 0. The highest BCUT2D eigenvalue weighted by molar-refractivity contribution is 5.07. The van der Waals surface area contributed by atoms with E-state index in [2.05, 4.69) is 42.9 Å².